The van der Waals surface area contributed by atoms with Gasteiger partial charge in [0.25, 0.3) is 0 Å². The van der Waals surface area contributed by atoms with E-state index in [9.17, 15) is 4.79 Å². The lowest BCUT2D eigenvalue weighted by Gasteiger charge is -2.09. The third-order valence-electron chi connectivity index (χ3n) is 1.44. The summed E-state index contributed by atoms with van der Waals surface area (Å²) in [6.07, 6.45) is 4.80. The Morgan fingerprint density at radius 3 is 2.54 bits per heavy atom. The minimum atomic E-state index is -0.375. The van der Waals surface area contributed by atoms with E-state index in [-0.39, 0.29) is 5.97 Å². The molecule has 0 fully saturated rings. The monoisotopic (exact) mass is 182 g/mol. The molecule has 0 saturated heterocycles. The molecule has 13 heavy (non-hydrogen) atoms. The van der Waals surface area contributed by atoms with Gasteiger partial charge in [-0.1, -0.05) is 27.4 Å². The van der Waals surface area contributed by atoms with Gasteiger partial charge in [0.1, 0.15) is 5.76 Å². The Morgan fingerprint density at radius 2 is 2.15 bits per heavy atom. The Bertz CT molecular complexity index is 202. The summed E-state index contributed by atoms with van der Waals surface area (Å²) in [6.45, 7) is 9.54. The van der Waals surface area contributed by atoms with E-state index in [1.165, 1.54) is 6.08 Å². The molecule has 0 unspecified atom stereocenters. The van der Waals surface area contributed by atoms with Crippen LogP contribution in [0.25, 0.3) is 0 Å². The van der Waals surface area contributed by atoms with Gasteiger partial charge >= 0.3 is 5.97 Å². The largest absolute Gasteiger partial charge is 0.428 e. The van der Waals surface area contributed by atoms with Crippen LogP contribution in [0.1, 0.15) is 33.6 Å². The number of hydrogen-bond acceptors (Lipinski definition) is 2. The number of carbonyl (C=O) groups is 1. The number of rotatable bonds is 5. The molecular formula is C11H18O2. The molecule has 0 radical (unpaired) electrons. The average molecular weight is 182 g/mol. The standard InChI is InChI=1S/C11H18O2/c1-5-7-10(8-9(3)4)13-11(12)6-2/h6-7,9H,2,5,8H2,1,3-4H3. The maximum atomic E-state index is 10.9. The summed E-state index contributed by atoms with van der Waals surface area (Å²) in [6, 6.07) is 0. The summed E-state index contributed by atoms with van der Waals surface area (Å²) in [4.78, 5) is 10.9. The molecule has 0 spiro atoms. The SMILES string of the molecule is C=CC(=O)OC(=CCC)CC(C)C. The van der Waals surface area contributed by atoms with Crippen LogP contribution in [-0.2, 0) is 9.53 Å². The normalized spacial score (nSPS) is 11.5. The summed E-state index contributed by atoms with van der Waals surface area (Å²) >= 11 is 0. The number of esters is 1. The molecule has 0 N–H and O–H groups in total. The third kappa shape index (κ3) is 6.14. The fourth-order valence-electron chi connectivity index (χ4n) is 0.968. The van der Waals surface area contributed by atoms with Gasteiger partial charge in [0.05, 0.1) is 0 Å². The predicted octanol–water partition coefficient (Wildman–Crippen LogP) is 3.06. The van der Waals surface area contributed by atoms with Crippen molar-refractivity contribution in [1.82, 2.24) is 0 Å². The van der Waals surface area contributed by atoms with Crippen molar-refractivity contribution in [2.45, 2.75) is 33.6 Å². The van der Waals surface area contributed by atoms with Gasteiger partial charge in [-0.05, 0) is 18.4 Å². The molecule has 0 aliphatic rings. The molecule has 0 aliphatic heterocycles. The lowest BCUT2D eigenvalue weighted by molar-refractivity contribution is -0.134. The first-order chi connectivity index (χ1) is 6.10. The topological polar surface area (TPSA) is 26.3 Å². The summed E-state index contributed by atoms with van der Waals surface area (Å²) in [5.41, 5.74) is 0. The van der Waals surface area contributed by atoms with Gasteiger partial charge in [-0.2, -0.15) is 0 Å². The molecule has 0 aromatic rings. The van der Waals surface area contributed by atoms with Crippen molar-refractivity contribution in [2.24, 2.45) is 5.92 Å². The van der Waals surface area contributed by atoms with Crippen molar-refractivity contribution >= 4 is 5.97 Å². The highest BCUT2D eigenvalue weighted by Gasteiger charge is 2.05. The first kappa shape index (κ1) is 11.9. The van der Waals surface area contributed by atoms with Crippen molar-refractivity contribution in [3.8, 4) is 0 Å². The van der Waals surface area contributed by atoms with Crippen LogP contribution < -0.4 is 0 Å². The van der Waals surface area contributed by atoms with Gasteiger partial charge in [-0.3, -0.25) is 0 Å². The van der Waals surface area contributed by atoms with Crippen molar-refractivity contribution in [3.63, 3.8) is 0 Å². The molecule has 0 bridgehead atoms. The summed E-state index contributed by atoms with van der Waals surface area (Å²) < 4.78 is 5.06. The quantitative estimate of drug-likeness (QED) is 0.371. The molecule has 74 valence electrons. The van der Waals surface area contributed by atoms with Crippen LogP contribution in [0, 0.1) is 5.92 Å². The van der Waals surface area contributed by atoms with Crippen LogP contribution in [0.4, 0.5) is 0 Å². The zero-order chi connectivity index (χ0) is 10.3. The Morgan fingerprint density at radius 1 is 1.54 bits per heavy atom. The Balaban J connectivity index is 4.18. The van der Waals surface area contributed by atoms with Crippen LogP contribution in [-0.4, -0.2) is 5.97 Å². The first-order valence-corrected chi connectivity index (χ1v) is 4.63. The van der Waals surface area contributed by atoms with Gasteiger partial charge in [-0.25, -0.2) is 4.79 Å². The van der Waals surface area contributed by atoms with Gasteiger partial charge in [0.15, 0.2) is 0 Å². The van der Waals surface area contributed by atoms with Crippen molar-refractivity contribution in [2.75, 3.05) is 0 Å². The maximum Gasteiger partial charge on any atom is 0.335 e. The van der Waals surface area contributed by atoms with Gasteiger partial charge in [0, 0.05) is 12.5 Å². The first-order valence-electron chi connectivity index (χ1n) is 4.63. The second-order valence-electron chi connectivity index (χ2n) is 3.30. The molecular weight excluding hydrogens is 164 g/mol. The number of hydrogen-bond donors (Lipinski definition) is 0. The van der Waals surface area contributed by atoms with E-state index in [0.29, 0.717) is 5.92 Å². The number of allylic oxidation sites excluding steroid dienone is 2. The molecule has 0 aliphatic carbocycles. The van der Waals surface area contributed by atoms with Crippen molar-refractivity contribution < 1.29 is 9.53 Å². The summed E-state index contributed by atoms with van der Waals surface area (Å²) in [5, 5.41) is 0. The van der Waals surface area contributed by atoms with E-state index in [0.717, 1.165) is 18.6 Å². The minimum Gasteiger partial charge on any atom is -0.428 e. The smallest absolute Gasteiger partial charge is 0.335 e. The highest BCUT2D eigenvalue weighted by Crippen LogP contribution is 2.13. The molecule has 2 nitrogen and oxygen atoms in total. The second kappa shape index (κ2) is 6.46. The van der Waals surface area contributed by atoms with Crippen LogP contribution in [0.5, 0.6) is 0 Å². The number of carbonyl (C=O) groups excluding carboxylic acids is 1. The molecule has 0 heterocycles. The molecule has 0 aromatic heterocycles. The van der Waals surface area contributed by atoms with E-state index < -0.39 is 0 Å². The zero-order valence-electron chi connectivity index (χ0n) is 8.67. The lowest BCUT2D eigenvalue weighted by atomic mass is 10.1. The molecule has 0 saturated carbocycles. The Hall–Kier alpha value is -1.05. The van der Waals surface area contributed by atoms with E-state index in [2.05, 4.69) is 20.4 Å². The van der Waals surface area contributed by atoms with Crippen molar-refractivity contribution in [3.05, 3.63) is 24.5 Å². The van der Waals surface area contributed by atoms with E-state index in [1.54, 1.807) is 0 Å². The molecule has 0 amide bonds. The fourth-order valence-corrected chi connectivity index (χ4v) is 0.968. The van der Waals surface area contributed by atoms with E-state index >= 15 is 0 Å². The molecule has 0 aromatic carbocycles. The summed E-state index contributed by atoms with van der Waals surface area (Å²) in [5.74, 6) is 0.873. The Kier molecular flexibility index (Phi) is 5.94. The predicted molar refractivity (Wildman–Crippen MR) is 54.1 cm³/mol. The molecule has 0 rings (SSSR count). The van der Waals surface area contributed by atoms with Crippen LogP contribution >= 0.6 is 0 Å². The van der Waals surface area contributed by atoms with E-state index in [1.807, 2.05) is 13.0 Å². The highest BCUT2D eigenvalue weighted by atomic mass is 16.5. The van der Waals surface area contributed by atoms with E-state index in [4.69, 9.17) is 4.74 Å². The highest BCUT2D eigenvalue weighted by molar-refractivity contribution is 5.82. The van der Waals surface area contributed by atoms with Crippen molar-refractivity contribution in [1.29, 1.82) is 0 Å². The third-order valence-corrected chi connectivity index (χ3v) is 1.44. The Labute approximate surface area is 80.3 Å². The fraction of sp³-hybridized carbons (Fsp3) is 0.545. The van der Waals surface area contributed by atoms with Gasteiger partial charge < -0.3 is 4.74 Å². The van der Waals surface area contributed by atoms with Crippen LogP contribution in [0.2, 0.25) is 0 Å². The zero-order valence-corrected chi connectivity index (χ0v) is 8.67. The van der Waals surface area contributed by atoms with Crippen LogP contribution in [0.3, 0.4) is 0 Å². The molecule has 2 heteroatoms. The number of ether oxygens (including phenoxy) is 1. The van der Waals surface area contributed by atoms with Gasteiger partial charge in [0.2, 0.25) is 0 Å². The van der Waals surface area contributed by atoms with Crippen LogP contribution in [0.15, 0.2) is 24.5 Å². The second-order valence-corrected chi connectivity index (χ2v) is 3.30. The molecule has 0 atom stereocenters. The average Bonchev–Trinajstić information content (AvgIpc) is 2.03. The maximum absolute atomic E-state index is 10.9. The van der Waals surface area contributed by atoms with Gasteiger partial charge in [-0.15, -0.1) is 0 Å². The lowest BCUT2D eigenvalue weighted by Crippen LogP contribution is -2.03. The summed E-state index contributed by atoms with van der Waals surface area (Å²) in [7, 11) is 0. The minimum absolute atomic E-state index is 0.375.